The molecule has 0 aliphatic rings. The average Bonchev–Trinajstić information content (AvgIpc) is 2.29. The van der Waals surface area contributed by atoms with E-state index in [4.69, 9.17) is 4.74 Å². The molecule has 0 aliphatic carbocycles. The minimum Gasteiger partial charge on any atom is -0.508 e. The van der Waals surface area contributed by atoms with Gasteiger partial charge in [0.2, 0.25) is 0 Å². The van der Waals surface area contributed by atoms with Crippen molar-refractivity contribution in [3.63, 3.8) is 0 Å². The van der Waals surface area contributed by atoms with Crippen LogP contribution in [0.4, 0.5) is 0 Å². The summed E-state index contributed by atoms with van der Waals surface area (Å²) in [6.07, 6.45) is 2.10. The first kappa shape index (κ1) is 14.8. The quantitative estimate of drug-likeness (QED) is 0.699. The van der Waals surface area contributed by atoms with Gasteiger partial charge >= 0.3 is 0 Å². The molecule has 3 N–H and O–H groups in total. The van der Waals surface area contributed by atoms with Crippen molar-refractivity contribution in [2.24, 2.45) is 0 Å². The van der Waals surface area contributed by atoms with E-state index in [2.05, 4.69) is 12.2 Å². The number of aromatic hydroxyl groups is 2. The third kappa shape index (κ3) is 4.20. The third-order valence-electron chi connectivity index (χ3n) is 2.97. The number of hydrogen-bond donors (Lipinski definition) is 3. The number of hydrogen-bond acceptors (Lipinski definition) is 4. The lowest BCUT2D eigenvalue weighted by atomic mass is 10.0. The number of methoxy groups -OCH3 is 1. The van der Waals surface area contributed by atoms with Crippen LogP contribution in [-0.2, 0) is 4.74 Å². The molecule has 1 aromatic carbocycles. The zero-order valence-corrected chi connectivity index (χ0v) is 11.3. The van der Waals surface area contributed by atoms with Gasteiger partial charge < -0.3 is 20.3 Å². The first-order chi connectivity index (χ1) is 8.58. The SMILES string of the molecule is CCCC(COC)NC(C)c1ccc(O)cc1O. The van der Waals surface area contributed by atoms with Crippen LogP contribution in [0, 0.1) is 0 Å². The molecular formula is C14H23NO3. The normalized spacial score (nSPS) is 14.4. The minimum atomic E-state index is 0.0114. The highest BCUT2D eigenvalue weighted by atomic mass is 16.5. The summed E-state index contributed by atoms with van der Waals surface area (Å²) in [5.41, 5.74) is 0.782. The van der Waals surface area contributed by atoms with Crippen LogP contribution in [0.25, 0.3) is 0 Å². The van der Waals surface area contributed by atoms with Crippen LogP contribution in [0.1, 0.15) is 38.3 Å². The van der Waals surface area contributed by atoms with Crippen molar-refractivity contribution < 1.29 is 14.9 Å². The Morgan fingerprint density at radius 1 is 1.33 bits per heavy atom. The van der Waals surface area contributed by atoms with Gasteiger partial charge in [0.1, 0.15) is 11.5 Å². The van der Waals surface area contributed by atoms with Gasteiger partial charge in [0.25, 0.3) is 0 Å². The third-order valence-corrected chi connectivity index (χ3v) is 2.97. The van der Waals surface area contributed by atoms with E-state index in [1.54, 1.807) is 19.2 Å². The molecule has 0 spiro atoms. The predicted octanol–water partition coefficient (Wildman–Crippen LogP) is 2.56. The van der Waals surface area contributed by atoms with Gasteiger partial charge in [-0.15, -0.1) is 0 Å². The van der Waals surface area contributed by atoms with Crippen molar-refractivity contribution in [1.82, 2.24) is 5.32 Å². The molecule has 0 aliphatic heterocycles. The highest BCUT2D eigenvalue weighted by Gasteiger charge is 2.15. The molecule has 0 aromatic heterocycles. The molecule has 2 atom stereocenters. The van der Waals surface area contributed by atoms with Crippen molar-refractivity contribution in [3.05, 3.63) is 23.8 Å². The van der Waals surface area contributed by atoms with Gasteiger partial charge in [-0.05, 0) is 19.4 Å². The maximum absolute atomic E-state index is 9.80. The van der Waals surface area contributed by atoms with E-state index >= 15 is 0 Å². The molecule has 4 heteroatoms. The van der Waals surface area contributed by atoms with Gasteiger partial charge in [-0.3, -0.25) is 0 Å². The smallest absolute Gasteiger partial charge is 0.124 e. The molecular weight excluding hydrogens is 230 g/mol. The van der Waals surface area contributed by atoms with Crippen LogP contribution >= 0.6 is 0 Å². The highest BCUT2D eigenvalue weighted by Crippen LogP contribution is 2.28. The highest BCUT2D eigenvalue weighted by molar-refractivity contribution is 5.40. The molecule has 0 heterocycles. The van der Waals surface area contributed by atoms with E-state index < -0.39 is 0 Å². The Morgan fingerprint density at radius 2 is 2.06 bits per heavy atom. The maximum Gasteiger partial charge on any atom is 0.124 e. The van der Waals surface area contributed by atoms with E-state index in [-0.39, 0.29) is 23.6 Å². The number of benzene rings is 1. The van der Waals surface area contributed by atoms with Crippen LogP contribution in [0.3, 0.4) is 0 Å². The Balaban J connectivity index is 2.70. The van der Waals surface area contributed by atoms with Gasteiger partial charge in [-0.2, -0.15) is 0 Å². The number of phenols is 2. The van der Waals surface area contributed by atoms with Crippen LogP contribution in [0.15, 0.2) is 18.2 Å². The van der Waals surface area contributed by atoms with Gasteiger partial charge in [0.05, 0.1) is 6.61 Å². The number of rotatable bonds is 7. The molecule has 4 nitrogen and oxygen atoms in total. The summed E-state index contributed by atoms with van der Waals surface area (Å²) < 4.78 is 5.18. The standard InChI is InChI=1S/C14H23NO3/c1-4-5-11(9-18-3)15-10(2)13-7-6-12(16)8-14(13)17/h6-8,10-11,15-17H,4-5,9H2,1-3H3. The van der Waals surface area contributed by atoms with Crippen LogP contribution in [-0.4, -0.2) is 30.0 Å². The molecule has 1 aromatic rings. The molecule has 0 saturated carbocycles. The van der Waals surface area contributed by atoms with Gasteiger partial charge in [0.15, 0.2) is 0 Å². The number of phenolic OH excluding ortho intramolecular Hbond substituents is 2. The zero-order valence-electron chi connectivity index (χ0n) is 11.3. The summed E-state index contributed by atoms with van der Waals surface area (Å²) in [4.78, 5) is 0. The van der Waals surface area contributed by atoms with E-state index in [1.807, 2.05) is 6.92 Å². The average molecular weight is 253 g/mol. The van der Waals surface area contributed by atoms with E-state index in [0.717, 1.165) is 18.4 Å². The minimum absolute atomic E-state index is 0.0114. The summed E-state index contributed by atoms with van der Waals surface area (Å²) in [7, 11) is 1.69. The zero-order chi connectivity index (χ0) is 13.5. The lowest BCUT2D eigenvalue weighted by molar-refractivity contribution is 0.157. The molecule has 2 unspecified atom stereocenters. The lowest BCUT2D eigenvalue weighted by Crippen LogP contribution is -2.35. The van der Waals surface area contributed by atoms with Crippen LogP contribution in [0.2, 0.25) is 0 Å². The summed E-state index contributed by atoms with van der Waals surface area (Å²) in [5.74, 6) is 0.188. The largest absolute Gasteiger partial charge is 0.508 e. The topological polar surface area (TPSA) is 61.7 Å². The molecule has 0 amide bonds. The molecule has 0 fully saturated rings. The summed E-state index contributed by atoms with van der Waals surface area (Å²) >= 11 is 0. The number of nitrogens with one attached hydrogen (secondary N) is 1. The second-order valence-electron chi connectivity index (χ2n) is 4.57. The molecule has 0 saturated heterocycles. The Labute approximate surface area is 109 Å². The summed E-state index contributed by atoms with van der Waals surface area (Å²) in [6.45, 7) is 4.77. The van der Waals surface area contributed by atoms with E-state index in [9.17, 15) is 10.2 Å². The van der Waals surface area contributed by atoms with E-state index in [1.165, 1.54) is 6.07 Å². The van der Waals surface area contributed by atoms with Crippen LogP contribution in [0.5, 0.6) is 11.5 Å². The second-order valence-corrected chi connectivity index (χ2v) is 4.57. The van der Waals surface area contributed by atoms with Gasteiger partial charge in [-0.25, -0.2) is 0 Å². The molecule has 0 bridgehead atoms. The van der Waals surface area contributed by atoms with Crippen molar-refractivity contribution in [1.29, 1.82) is 0 Å². The Kier molecular flexibility index (Phi) is 5.95. The summed E-state index contributed by atoms with van der Waals surface area (Å²) in [6, 6.07) is 4.95. The Hall–Kier alpha value is -1.26. The van der Waals surface area contributed by atoms with Crippen molar-refractivity contribution in [2.75, 3.05) is 13.7 Å². The molecule has 18 heavy (non-hydrogen) atoms. The predicted molar refractivity (Wildman–Crippen MR) is 71.9 cm³/mol. The van der Waals surface area contributed by atoms with Crippen molar-refractivity contribution in [2.45, 2.75) is 38.8 Å². The Bertz CT molecular complexity index is 362. The fourth-order valence-corrected chi connectivity index (χ4v) is 2.11. The molecule has 102 valence electrons. The van der Waals surface area contributed by atoms with Crippen molar-refractivity contribution >= 4 is 0 Å². The maximum atomic E-state index is 9.80. The molecule has 0 radical (unpaired) electrons. The molecule has 1 rings (SSSR count). The van der Waals surface area contributed by atoms with Gasteiger partial charge in [-0.1, -0.05) is 19.4 Å². The monoisotopic (exact) mass is 253 g/mol. The first-order valence-electron chi connectivity index (χ1n) is 6.35. The first-order valence-corrected chi connectivity index (χ1v) is 6.35. The summed E-state index contributed by atoms with van der Waals surface area (Å²) in [5, 5.41) is 22.5. The Morgan fingerprint density at radius 3 is 2.61 bits per heavy atom. The van der Waals surface area contributed by atoms with E-state index in [0.29, 0.717) is 6.61 Å². The van der Waals surface area contributed by atoms with Crippen molar-refractivity contribution in [3.8, 4) is 11.5 Å². The fraction of sp³-hybridized carbons (Fsp3) is 0.571. The second kappa shape index (κ2) is 7.24. The number of ether oxygens (including phenoxy) is 1. The fourth-order valence-electron chi connectivity index (χ4n) is 2.11. The van der Waals surface area contributed by atoms with Crippen LogP contribution < -0.4 is 5.32 Å². The van der Waals surface area contributed by atoms with Gasteiger partial charge in [0, 0.05) is 30.8 Å². The lowest BCUT2D eigenvalue weighted by Gasteiger charge is -2.23.